The zero-order chi connectivity index (χ0) is 92.6. The van der Waals surface area contributed by atoms with Gasteiger partial charge >= 0.3 is 0 Å². The predicted octanol–water partition coefficient (Wildman–Crippen LogP) is 36.1. The lowest BCUT2D eigenvalue weighted by Crippen LogP contribution is -2.14. The highest BCUT2D eigenvalue weighted by molar-refractivity contribution is 6.28. The average Bonchev–Trinajstić information content (AvgIpc) is 1.54. The average molecular weight is 1790 g/mol. The summed E-state index contributed by atoms with van der Waals surface area (Å²) in [5, 5.41) is 23.3. The summed E-state index contributed by atoms with van der Waals surface area (Å²) in [6.45, 7) is 4.73. The summed E-state index contributed by atoms with van der Waals surface area (Å²) in [6.07, 6.45) is 0. The Labute approximate surface area is 811 Å². The summed E-state index contributed by atoms with van der Waals surface area (Å²) in [7, 11) is 0. The van der Waals surface area contributed by atoms with Gasteiger partial charge in [0.25, 0.3) is 0 Å². The molecule has 1 aliphatic rings. The third-order valence-electron chi connectivity index (χ3n) is 31.2. The normalized spacial score (nSPS) is 12.7. The molecule has 0 atom stereocenters. The largest absolute Gasteiger partial charge is 0.309 e. The summed E-state index contributed by atoms with van der Waals surface area (Å²) >= 11 is 0. The quantitative estimate of drug-likeness (QED) is 0.138. The molecule has 31 aromatic rings. The van der Waals surface area contributed by atoms with Crippen molar-refractivity contribution in [3.8, 4) is 95.0 Å². The van der Waals surface area contributed by atoms with Crippen molar-refractivity contribution in [2.24, 2.45) is 0 Å². The molecule has 0 aliphatic heterocycles. The molecule has 6 heteroatoms. The molecule has 9 aromatic heterocycles. The number of hydrogen-bond acceptors (Lipinski definition) is 0. The summed E-state index contributed by atoms with van der Waals surface area (Å²) in [5.74, 6) is 0. The van der Waals surface area contributed by atoms with Gasteiger partial charge in [0.2, 0.25) is 0 Å². The number of para-hydroxylation sites is 13. The molecule has 6 nitrogen and oxygen atoms in total. The highest BCUT2D eigenvalue weighted by Crippen LogP contribution is 2.53. The number of fused-ring (bicyclic) bond motifs is 30. The Balaban J connectivity index is 0.0000000994. The van der Waals surface area contributed by atoms with Crippen LogP contribution >= 0.6 is 0 Å². The molecule has 141 heavy (non-hydrogen) atoms. The molecule has 32 rings (SSSR count). The zero-order valence-electron chi connectivity index (χ0n) is 77.4. The van der Waals surface area contributed by atoms with Crippen LogP contribution < -0.4 is 0 Å². The number of aromatic nitrogens is 6. The van der Waals surface area contributed by atoms with E-state index in [9.17, 15) is 0 Å². The van der Waals surface area contributed by atoms with Crippen LogP contribution in [0.5, 0.6) is 0 Å². The van der Waals surface area contributed by atoms with Crippen molar-refractivity contribution in [2.45, 2.75) is 19.3 Å². The molecule has 0 saturated carbocycles. The molecular weight excluding hydrogens is 1710 g/mol. The van der Waals surface area contributed by atoms with Gasteiger partial charge in [-0.25, -0.2) is 0 Å². The second-order valence-electron chi connectivity index (χ2n) is 38.8. The van der Waals surface area contributed by atoms with Gasteiger partial charge in [-0.2, -0.15) is 0 Å². The van der Waals surface area contributed by atoms with E-state index in [-0.39, 0.29) is 5.41 Å². The fourth-order valence-corrected chi connectivity index (χ4v) is 25.0. The van der Waals surface area contributed by atoms with Gasteiger partial charge in [-0.1, -0.05) is 420 Å². The number of rotatable bonds is 9. The van der Waals surface area contributed by atoms with Crippen molar-refractivity contribution in [1.82, 2.24) is 26.9 Å². The molecular formula is C135H86N6. The first-order chi connectivity index (χ1) is 69.8. The first kappa shape index (κ1) is 78.9. The van der Waals surface area contributed by atoms with Gasteiger partial charge in [0.15, 0.2) is 0 Å². The summed E-state index contributed by atoms with van der Waals surface area (Å²) in [6, 6.07) is 179. The number of benzene rings is 22. The van der Waals surface area contributed by atoms with Gasteiger partial charge in [0.05, 0.1) is 82.8 Å². The van der Waals surface area contributed by atoms with Crippen LogP contribution in [0, 0.1) is 0 Å². The Morgan fingerprint density at radius 1 is 0.135 bits per heavy atom. The maximum Gasteiger partial charge on any atom is 0.0620 e. The molecule has 22 aromatic carbocycles. The fraction of sp³-hybridized carbons (Fsp3) is 0.0222. The van der Waals surface area contributed by atoms with Crippen molar-refractivity contribution in [1.29, 1.82) is 0 Å². The van der Waals surface area contributed by atoms with E-state index in [1.54, 1.807) is 0 Å². The molecule has 0 radical (unpaired) electrons. The van der Waals surface area contributed by atoms with Gasteiger partial charge in [-0.05, 0) is 146 Å². The van der Waals surface area contributed by atoms with Crippen LogP contribution in [-0.2, 0) is 5.41 Å². The molecule has 0 spiro atoms. The van der Waals surface area contributed by atoms with Gasteiger partial charge in [0.1, 0.15) is 0 Å². The number of nitrogens with zero attached hydrogens (tertiary/aromatic N) is 6. The lowest BCUT2D eigenvalue weighted by atomic mass is 9.81. The van der Waals surface area contributed by atoms with E-state index < -0.39 is 0 Å². The molecule has 0 unspecified atom stereocenters. The maximum atomic E-state index is 2.50. The minimum absolute atomic E-state index is 0.0532. The van der Waals surface area contributed by atoms with E-state index in [0.29, 0.717) is 0 Å². The van der Waals surface area contributed by atoms with Crippen LogP contribution in [0.4, 0.5) is 0 Å². The smallest absolute Gasteiger partial charge is 0.0620 e. The first-order valence-electron chi connectivity index (χ1n) is 49.0. The van der Waals surface area contributed by atoms with Crippen molar-refractivity contribution >= 4 is 180 Å². The zero-order valence-corrected chi connectivity index (χ0v) is 77.4. The first-order valence-corrected chi connectivity index (χ1v) is 49.0. The van der Waals surface area contributed by atoms with Crippen LogP contribution in [0.2, 0.25) is 0 Å². The SMILES string of the molecule is CC1(C)c2ccccc2-c2ccc(-c3cccc4c5ccccc5n(-c5ccc6c7cccc8c9ccccc9n(c6c5)c87)c34)cc21.c1ccc(-c2ccc(-c3cccc4c5ccccc5n(-c5ccc(-c6cccc7c8cccc9c%10ccccc%10n(c67)c98)cc5)c34)cc2)cc1.c1ccc(-c2ccc(-c3cccc4c5ccccc5n(-c5ccc6c7cccc8c9ccccc9n(c6c5)c87)c34)cc2)cc1. The molecule has 656 valence electrons. The molecule has 0 amide bonds. The topological polar surface area (TPSA) is 28.0 Å². The third-order valence-corrected chi connectivity index (χ3v) is 31.2. The summed E-state index contributed by atoms with van der Waals surface area (Å²) in [4.78, 5) is 0. The van der Waals surface area contributed by atoms with Gasteiger partial charge in [-0.3, -0.25) is 0 Å². The molecule has 0 N–H and O–H groups in total. The van der Waals surface area contributed by atoms with Crippen molar-refractivity contribution in [3.63, 3.8) is 0 Å². The van der Waals surface area contributed by atoms with E-state index in [4.69, 9.17) is 0 Å². The summed E-state index contributed by atoms with van der Waals surface area (Å²) in [5.41, 5.74) is 42.5. The third kappa shape index (κ3) is 11.5. The highest BCUT2D eigenvalue weighted by atomic mass is 15.0. The monoisotopic (exact) mass is 1790 g/mol. The van der Waals surface area contributed by atoms with Crippen LogP contribution in [0.3, 0.4) is 0 Å². The van der Waals surface area contributed by atoms with Gasteiger partial charge in [-0.15, -0.1) is 0 Å². The van der Waals surface area contributed by atoms with E-state index in [0.717, 1.165) is 5.69 Å². The van der Waals surface area contributed by atoms with Crippen molar-refractivity contribution in [3.05, 3.63) is 496 Å². The van der Waals surface area contributed by atoms with Crippen LogP contribution in [0.25, 0.3) is 275 Å². The second kappa shape index (κ2) is 30.3. The molecule has 0 fully saturated rings. The fourth-order valence-electron chi connectivity index (χ4n) is 25.0. The van der Waals surface area contributed by atoms with Crippen LogP contribution in [0.15, 0.2) is 485 Å². The number of hydrogen-bond donors (Lipinski definition) is 0. The Hall–Kier alpha value is -18.4. The Morgan fingerprint density at radius 2 is 0.383 bits per heavy atom. The Morgan fingerprint density at radius 3 is 0.801 bits per heavy atom. The van der Waals surface area contributed by atoms with Gasteiger partial charge in [0, 0.05) is 142 Å². The highest BCUT2D eigenvalue weighted by Gasteiger charge is 2.36. The molecule has 0 bridgehead atoms. The summed E-state index contributed by atoms with van der Waals surface area (Å²) < 4.78 is 14.9. The van der Waals surface area contributed by atoms with Crippen molar-refractivity contribution < 1.29 is 0 Å². The van der Waals surface area contributed by atoms with E-state index in [1.165, 1.54) is 280 Å². The molecule has 0 saturated heterocycles. The van der Waals surface area contributed by atoms with Gasteiger partial charge < -0.3 is 26.9 Å². The second-order valence-corrected chi connectivity index (χ2v) is 38.8. The lowest BCUT2D eigenvalue weighted by Gasteiger charge is -2.22. The Kier molecular flexibility index (Phi) is 17.0. The molecule has 1 aliphatic carbocycles. The van der Waals surface area contributed by atoms with Crippen LogP contribution in [0.1, 0.15) is 25.0 Å². The van der Waals surface area contributed by atoms with E-state index in [1.807, 2.05) is 0 Å². The maximum absolute atomic E-state index is 2.50. The lowest BCUT2D eigenvalue weighted by molar-refractivity contribution is 0.660. The van der Waals surface area contributed by atoms with Crippen LogP contribution in [-0.4, -0.2) is 26.9 Å². The van der Waals surface area contributed by atoms with E-state index >= 15 is 0 Å². The Bertz CT molecular complexity index is 10600. The minimum Gasteiger partial charge on any atom is -0.309 e. The predicted molar refractivity (Wildman–Crippen MR) is 597 cm³/mol. The van der Waals surface area contributed by atoms with E-state index in [2.05, 4.69) is 526 Å². The standard InChI is InChI=1S/C48H30N2.C45H30N2.C42H26N2/c1-2-11-31(12-3-1)32-23-25-33(26-24-32)36-15-8-17-40-38-13-4-6-21-44(38)49(46(36)40)35-29-27-34(28-30-35)37-16-9-19-42-43-20-10-18-41-39-14-5-7-22-45(39)50(47(37)42)48(41)43;1-45(2)38-18-6-3-11-30(38)31-23-21-27(25-39(31)45)29-14-9-15-35-32-12-4-7-19-40(32)46(43(29)35)28-22-24-34-37-17-10-16-36-33-13-5-8-20-41(33)47(44(36)37)42(34)26-28;1-2-10-27(11-3-1)28-20-22-29(23-21-28)31-14-8-15-35-32-12-4-6-18-38(32)43(41(31)35)30-24-25-34-37-17-9-16-36-33-13-5-7-19-39(33)44(42(36)37)40(34)26-30/h1-30H;3-26H,1-2H3;1-26H. The minimum atomic E-state index is -0.0532. The molecule has 9 heterocycles. The van der Waals surface area contributed by atoms with Crippen molar-refractivity contribution in [2.75, 3.05) is 0 Å².